The minimum absolute atomic E-state index is 0.0289. The molecule has 10 nitrogen and oxygen atoms in total. The molecule has 0 atom stereocenters. The van der Waals surface area contributed by atoms with Crippen molar-refractivity contribution in [1.29, 1.82) is 0 Å². The lowest BCUT2D eigenvalue weighted by molar-refractivity contribution is 0.582. The van der Waals surface area contributed by atoms with Crippen molar-refractivity contribution >= 4 is 36.6 Å². The zero-order valence-electron chi connectivity index (χ0n) is 19.5. The van der Waals surface area contributed by atoms with Crippen molar-refractivity contribution < 1.29 is 21.2 Å². The number of benzene rings is 1. The molecule has 0 saturated carbocycles. The number of nitrogens with one attached hydrogen (secondary N) is 1. The van der Waals surface area contributed by atoms with Gasteiger partial charge in [0.25, 0.3) is 5.56 Å². The van der Waals surface area contributed by atoms with Crippen molar-refractivity contribution in [3.8, 4) is 11.3 Å². The summed E-state index contributed by atoms with van der Waals surface area (Å²) in [5.41, 5.74) is 0.360. The Morgan fingerprint density at radius 3 is 2.36 bits per heavy atom. The summed E-state index contributed by atoms with van der Waals surface area (Å²) in [7, 11) is -7.60. The number of sulfone groups is 1. The number of anilines is 1. The molecule has 4 aromatic rings. The SMILES string of the molecule is CC(C)n1c(=O)c(-c2ccc(NS(=O)(=O)Cc3ccccc3F)cn2)cc2cnc(S(C)(=O)=O)nc21. The highest BCUT2D eigenvalue weighted by Gasteiger charge is 2.19. The van der Waals surface area contributed by atoms with E-state index < -0.39 is 37.0 Å². The third-order valence-corrected chi connectivity index (χ3v) is 7.31. The van der Waals surface area contributed by atoms with Crippen LogP contribution in [-0.2, 0) is 25.6 Å². The topological polar surface area (TPSA) is 141 Å². The summed E-state index contributed by atoms with van der Waals surface area (Å²) in [4.78, 5) is 25.5. The van der Waals surface area contributed by atoms with Gasteiger partial charge in [-0.15, -0.1) is 0 Å². The summed E-state index contributed by atoms with van der Waals surface area (Å²) >= 11 is 0. The quantitative estimate of drug-likeness (QED) is 0.359. The van der Waals surface area contributed by atoms with Crippen molar-refractivity contribution in [3.63, 3.8) is 0 Å². The molecule has 0 aliphatic carbocycles. The molecule has 1 aromatic carbocycles. The third-order valence-electron chi connectivity index (χ3n) is 5.22. The van der Waals surface area contributed by atoms with E-state index in [1.807, 2.05) is 0 Å². The lowest BCUT2D eigenvalue weighted by Crippen LogP contribution is -2.25. The molecule has 0 spiro atoms. The second-order valence-electron chi connectivity index (χ2n) is 8.42. The predicted octanol–water partition coefficient (Wildman–Crippen LogP) is 2.92. The van der Waals surface area contributed by atoms with Crippen LogP contribution < -0.4 is 10.3 Å². The molecule has 4 rings (SSSR count). The van der Waals surface area contributed by atoms with Gasteiger partial charge in [-0.1, -0.05) is 18.2 Å². The number of aromatic nitrogens is 4. The Kier molecular flexibility index (Phi) is 6.62. The summed E-state index contributed by atoms with van der Waals surface area (Å²) in [5, 5.41) is 0.0452. The average Bonchev–Trinajstić information content (AvgIpc) is 2.79. The fourth-order valence-corrected chi connectivity index (χ4v) is 5.29. The van der Waals surface area contributed by atoms with Crippen molar-refractivity contribution in [2.24, 2.45) is 0 Å². The Morgan fingerprint density at radius 2 is 1.75 bits per heavy atom. The van der Waals surface area contributed by atoms with Gasteiger partial charge in [0, 0.05) is 29.4 Å². The zero-order chi connectivity index (χ0) is 26.3. The molecule has 1 N–H and O–H groups in total. The Morgan fingerprint density at radius 1 is 1.03 bits per heavy atom. The molecule has 36 heavy (non-hydrogen) atoms. The third kappa shape index (κ3) is 5.26. The van der Waals surface area contributed by atoms with Crippen molar-refractivity contribution in [2.45, 2.75) is 30.8 Å². The predicted molar refractivity (Wildman–Crippen MR) is 133 cm³/mol. The Balaban J connectivity index is 1.70. The molecule has 188 valence electrons. The number of fused-ring (bicyclic) bond motifs is 1. The number of hydrogen-bond acceptors (Lipinski definition) is 8. The number of rotatable bonds is 7. The first kappa shape index (κ1) is 25.4. The van der Waals surface area contributed by atoms with E-state index in [9.17, 15) is 26.0 Å². The van der Waals surface area contributed by atoms with E-state index in [4.69, 9.17) is 0 Å². The normalized spacial score (nSPS) is 12.2. The highest BCUT2D eigenvalue weighted by molar-refractivity contribution is 7.92. The van der Waals surface area contributed by atoms with Crippen LogP contribution in [0.3, 0.4) is 0 Å². The minimum atomic E-state index is -3.92. The van der Waals surface area contributed by atoms with Crippen LogP contribution in [0.2, 0.25) is 0 Å². The van der Waals surface area contributed by atoms with Gasteiger partial charge in [0.2, 0.25) is 25.0 Å². The number of sulfonamides is 1. The van der Waals surface area contributed by atoms with E-state index in [2.05, 4.69) is 19.7 Å². The summed E-state index contributed by atoms with van der Waals surface area (Å²) in [6, 6.07) is 9.65. The van der Waals surface area contributed by atoms with Crippen molar-refractivity contribution in [2.75, 3.05) is 11.0 Å². The molecule has 3 heterocycles. The molecular weight excluding hydrogens is 509 g/mol. The van der Waals surface area contributed by atoms with Crippen LogP contribution in [-0.4, -0.2) is 42.6 Å². The smallest absolute Gasteiger partial charge is 0.261 e. The van der Waals surface area contributed by atoms with Crippen LogP contribution in [0.5, 0.6) is 0 Å². The molecule has 0 unspecified atom stereocenters. The van der Waals surface area contributed by atoms with E-state index in [0.717, 1.165) is 6.26 Å². The molecular formula is C23H22FN5O5S2. The van der Waals surface area contributed by atoms with Gasteiger partial charge in [0.15, 0.2) is 0 Å². The zero-order valence-corrected chi connectivity index (χ0v) is 21.1. The van der Waals surface area contributed by atoms with Crippen LogP contribution in [0.15, 0.2) is 64.8 Å². The van der Waals surface area contributed by atoms with Gasteiger partial charge < -0.3 is 0 Å². The molecule has 0 aliphatic heterocycles. The van der Waals surface area contributed by atoms with E-state index >= 15 is 0 Å². The summed E-state index contributed by atoms with van der Waals surface area (Å²) in [6.45, 7) is 3.52. The molecule has 0 radical (unpaired) electrons. The highest BCUT2D eigenvalue weighted by Crippen LogP contribution is 2.23. The summed E-state index contributed by atoms with van der Waals surface area (Å²) < 4.78 is 66.3. The first-order chi connectivity index (χ1) is 16.9. The summed E-state index contributed by atoms with van der Waals surface area (Å²) in [6.07, 6.45) is 3.56. The van der Waals surface area contributed by atoms with E-state index in [1.165, 1.54) is 53.4 Å². The highest BCUT2D eigenvalue weighted by atomic mass is 32.2. The van der Waals surface area contributed by atoms with Crippen LogP contribution in [0.25, 0.3) is 22.3 Å². The number of halogens is 1. The Labute approximate surface area is 206 Å². The van der Waals surface area contributed by atoms with E-state index in [-0.39, 0.29) is 39.4 Å². The minimum Gasteiger partial charge on any atom is -0.289 e. The number of pyridine rings is 2. The van der Waals surface area contributed by atoms with Gasteiger partial charge in [0.1, 0.15) is 11.5 Å². The van der Waals surface area contributed by atoms with Gasteiger partial charge in [-0.05, 0) is 38.1 Å². The molecule has 3 aromatic heterocycles. The molecule has 13 heteroatoms. The standard InChI is InChI=1S/C23H22FN5O5S2/c1-14(2)29-21-16(11-26-23(27-21)35(3,31)32)10-18(22(29)30)20-9-8-17(12-25-20)28-36(33,34)13-15-6-4-5-7-19(15)24/h4-12,14,28H,13H2,1-3H3. The van der Waals surface area contributed by atoms with Crippen molar-refractivity contribution in [3.05, 3.63) is 76.6 Å². The van der Waals surface area contributed by atoms with Gasteiger partial charge in [-0.25, -0.2) is 26.2 Å². The van der Waals surface area contributed by atoms with Gasteiger partial charge in [0.05, 0.1) is 28.9 Å². The first-order valence-electron chi connectivity index (χ1n) is 10.7. The first-order valence-corrected chi connectivity index (χ1v) is 14.2. The Bertz CT molecular complexity index is 1740. The van der Waals surface area contributed by atoms with Gasteiger partial charge in [-0.2, -0.15) is 4.98 Å². The van der Waals surface area contributed by atoms with Gasteiger partial charge >= 0.3 is 0 Å². The molecule has 0 bridgehead atoms. The van der Waals surface area contributed by atoms with Crippen molar-refractivity contribution in [1.82, 2.24) is 19.5 Å². The number of nitrogens with zero attached hydrogens (tertiary/aromatic N) is 4. The van der Waals surface area contributed by atoms with Crippen LogP contribution >= 0.6 is 0 Å². The van der Waals surface area contributed by atoms with Crippen LogP contribution in [0.1, 0.15) is 25.5 Å². The van der Waals surface area contributed by atoms with Crippen LogP contribution in [0, 0.1) is 5.82 Å². The largest absolute Gasteiger partial charge is 0.289 e. The lowest BCUT2D eigenvalue weighted by atomic mass is 10.1. The number of hydrogen-bond donors (Lipinski definition) is 1. The second-order valence-corrected chi connectivity index (χ2v) is 12.0. The fourth-order valence-electron chi connectivity index (χ4n) is 3.60. The molecule has 0 fully saturated rings. The van der Waals surface area contributed by atoms with Crippen LogP contribution in [0.4, 0.5) is 10.1 Å². The maximum atomic E-state index is 13.8. The fraction of sp³-hybridized carbons (Fsp3) is 0.217. The lowest BCUT2D eigenvalue weighted by Gasteiger charge is -2.15. The average molecular weight is 532 g/mol. The van der Waals surface area contributed by atoms with E-state index in [1.54, 1.807) is 19.9 Å². The monoisotopic (exact) mass is 531 g/mol. The molecule has 0 saturated heterocycles. The van der Waals surface area contributed by atoms with Gasteiger partial charge in [-0.3, -0.25) is 19.1 Å². The second kappa shape index (κ2) is 9.39. The summed E-state index contributed by atoms with van der Waals surface area (Å²) in [5.74, 6) is -1.18. The maximum Gasteiger partial charge on any atom is 0.261 e. The Hall–Kier alpha value is -3.71. The molecule has 0 amide bonds. The maximum absolute atomic E-state index is 13.8. The molecule has 0 aliphatic rings. The van der Waals surface area contributed by atoms with E-state index in [0.29, 0.717) is 5.39 Å².